The van der Waals surface area contributed by atoms with Crippen LogP contribution in [0.3, 0.4) is 0 Å². The minimum absolute atomic E-state index is 0.476. The molecule has 18 aromatic carbocycles. The van der Waals surface area contributed by atoms with Gasteiger partial charge in [0.05, 0.1) is 10.8 Å². The predicted molar refractivity (Wildman–Crippen MR) is 473 cm³/mol. The number of rotatable bonds is 14. The van der Waals surface area contributed by atoms with E-state index >= 15 is 0 Å². The van der Waals surface area contributed by atoms with E-state index in [1.54, 1.807) is 0 Å². The molecule has 0 atom stereocenters. The van der Waals surface area contributed by atoms with Crippen LogP contribution in [0.15, 0.2) is 458 Å². The van der Waals surface area contributed by atoms with E-state index in [-0.39, 0.29) is 0 Å². The molecule has 0 radical (unpaired) electrons. The van der Waals surface area contributed by atoms with Crippen LogP contribution < -0.4 is 9.80 Å². The number of hydrogen-bond donors (Lipinski definition) is 0. The minimum Gasteiger partial charge on any atom is -0.456 e. The van der Waals surface area contributed by atoms with Gasteiger partial charge >= 0.3 is 0 Å². The number of para-hydroxylation sites is 1. The van der Waals surface area contributed by atoms with Gasteiger partial charge in [0.1, 0.15) is 22.3 Å². The molecule has 536 valence electrons. The second-order valence-corrected chi connectivity index (χ2v) is 29.7. The average molecular weight is 1460 g/mol. The van der Waals surface area contributed by atoms with Gasteiger partial charge in [-0.15, -0.1) is 0 Å². The van der Waals surface area contributed by atoms with Gasteiger partial charge in [0.2, 0.25) is 0 Å². The van der Waals surface area contributed by atoms with E-state index in [9.17, 15) is 0 Å². The second kappa shape index (κ2) is 28.2. The Morgan fingerprint density at radius 3 is 0.825 bits per heavy atom. The summed E-state index contributed by atoms with van der Waals surface area (Å²) in [6.45, 7) is 0. The summed E-state index contributed by atoms with van der Waals surface area (Å²) in [5, 5.41) is 4.40. The van der Waals surface area contributed by atoms with Crippen molar-refractivity contribution in [3.8, 4) is 66.8 Å². The lowest BCUT2D eigenvalue weighted by Gasteiger charge is -2.33. The molecule has 0 spiro atoms. The fraction of sp³-hybridized carbons (Fsp3) is 0.0182. The number of furan rings is 2. The minimum atomic E-state index is -0.476. The fourth-order valence-corrected chi connectivity index (χ4v) is 18.4. The van der Waals surface area contributed by atoms with Crippen LogP contribution in [0.1, 0.15) is 44.5 Å². The number of anilines is 6. The molecule has 0 saturated heterocycles. The molecular weight excluding hydrogens is 1380 g/mol. The summed E-state index contributed by atoms with van der Waals surface area (Å²) in [4.78, 5) is 4.68. The largest absolute Gasteiger partial charge is 0.456 e. The summed E-state index contributed by atoms with van der Waals surface area (Å²) in [6, 6.07) is 162. The smallest absolute Gasteiger partial charge is 0.137 e. The molecule has 2 heterocycles. The average Bonchev–Trinajstić information content (AvgIpc) is 1.54. The molecular formula is C110H74N2O2. The van der Waals surface area contributed by atoms with E-state index in [0.29, 0.717) is 0 Å². The molecule has 22 rings (SSSR count). The number of fused-ring (bicyclic) bond motifs is 12. The number of hydrogen-bond acceptors (Lipinski definition) is 4. The maximum absolute atomic E-state index is 6.77. The zero-order chi connectivity index (χ0) is 75.5. The molecule has 114 heavy (non-hydrogen) atoms. The van der Waals surface area contributed by atoms with E-state index in [1.807, 2.05) is 0 Å². The molecule has 0 amide bonds. The third-order valence-electron chi connectivity index (χ3n) is 23.4. The monoisotopic (exact) mass is 1450 g/mol. The van der Waals surface area contributed by atoms with Gasteiger partial charge in [0.15, 0.2) is 0 Å². The summed E-state index contributed by atoms with van der Waals surface area (Å²) < 4.78 is 13.5. The Labute approximate surface area is 663 Å². The Morgan fingerprint density at radius 2 is 0.447 bits per heavy atom. The Hall–Kier alpha value is -14.8. The van der Waals surface area contributed by atoms with Crippen LogP contribution in [-0.4, -0.2) is 0 Å². The van der Waals surface area contributed by atoms with E-state index < -0.39 is 10.8 Å². The van der Waals surface area contributed by atoms with E-state index in [2.05, 4.69) is 459 Å². The lowest BCUT2D eigenvalue weighted by molar-refractivity contribution is 0.667. The normalized spacial score (nSPS) is 12.7. The van der Waals surface area contributed by atoms with Gasteiger partial charge in [-0.25, -0.2) is 0 Å². The van der Waals surface area contributed by atoms with Crippen molar-refractivity contribution in [1.29, 1.82) is 0 Å². The second-order valence-electron chi connectivity index (χ2n) is 29.7. The van der Waals surface area contributed by atoms with Gasteiger partial charge in [-0.2, -0.15) is 0 Å². The molecule has 0 bridgehead atoms. The molecule has 0 saturated carbocycles. The summed E-state index contributed by atoms with van der Waals surface area (Å²) in [6.07, 6.45) is 0. The Bertz CT molecular complexity index is 6490. The molecule has 0 unspecified atom stereocenters. The summed E-state index contributed by atoms with van der Waals surface area (Å²) in [5.74, 6) is 0. The number of nitrogens with zero attached hydrogens (tertiary/aromatic N) is 2. The van der Waals surface area contributed by atoms with E-state index in [1.165, 1.54) is 89.0 Å². The lowest BCUT2D eigenvalue weighted by Crippen LogP contribution is -2.28. The topological polar surface area (TPSA) is 32.8 Å². The van der Waals surface area contributed by atoms with Crippen molar-refractivity contribution in [3.63, 3.8) is 0 Å². The van der Waals surface area contributed by atoms with Gasteiger partial charge in [-0.3, -0.25) is 0 Å². The standard InChI is InChI=1S/2C55H37NO/c1-5-17-38(18-6-1)40-33-41(39-19-7-2-8-20-39)35-46(34-40)56(44-23-11-4-12-24-44)45-30-31-49-50-36-43(29-32-53(50)57-54(49)37-45)55(42-21-9-3-10-22-42)51-27-15-13-25-47(51)48-26-14-16-28-52(48)55;1-4-16-38(17-5-1)40-20-14-24-44(34-40)56(45-25-15-21-41(35-45)39-18-6-2-7-19-39)46-31-32-49-50-36-43(30-33-53(50)57-54(49)37-46)55(42-22-8-3-9-23-42)51-28-12-10-26-47(51)48-27-11-13-29-52(48)55/h2*1-37H. The highest BCUT2D eigenvalue weighted by Gasteiger charge is 2.48. The van der Waals surface area contributed by atoms with Gasteiger partial charge < -0.3 is 18.6 Å². The molecule has 2 aliphatic carbocycles. The van der Waals surface area contributed by atoms with Crippen molar-refractivity contribution in [1.82, 2.24) is 0 Å². The van der Waals surface area contributed by atoms with Crippen LogP contribution in [0.25, 0.3) is 111 Å². The quantitative estimate of drug-likeness (QED) is 0.109. The first-order valence-corrected chi connectivity index (χ1v) is 39.2. The van der Waals surface area contributed by atoms with Crippen LogP contribution in [0.2, 0.25) is 0 Å². The van der Waals surface area contributed by atoms with Crippen molar-refractivity contribution in [3.05, 3.63) is 493 Å². The SMILES string of the molecule is c1ccc(-c2cc(-c3ccccc3)cc(N(c3ccccc3)c3ccc4c(c3)oc3ccc(C5(c6ccccc6)c6ccccc6-c6ccccc65)cc34)c2)cc1.c1ccc(-c2cccc(N(c3cccc(-c4ccccc4)c3)c3ccc4c(c3)oc3ccc(C5(c6ccccc6)c6ccccc6-c6ccccc65)cc34)c2)cc1. The van der Waals surface area contributed by atoms with Crippen molar-refractivity contribution in [2.24, 2.45) is 0 Å². The van der Waals surface area contributed by atoms with Gasteiger partial charge in [0, 0.05) is 67.8 Å². The third-order valence-corrected chi connectivity index (χ3v) is 23.4. The first-order valence-electron chi connectivity index (χ1n) is 39.2. The summed E-state index contributed by atoms with van der Waals surface area (Å²) in [7, 11) is 0. The van der Waals surface area contributed by atoms with Crippen molar-refractivity contribution in [2.75, 3.05) is 9.80 Å². The van der Waals surface area contributed by atoms with E-state index in [4.69, 9.17) is 8.83 Å². The first kappa shape index (κ1) is 67.3. The maximum atomic E-state index is 6.77. The Morgan fingerprint density at radius 1 is 0.158 bits per heavy atom. The molecule has 4 nitrogen and oxygen atoms in total. The Kier molecular flexibility index (Phi) is 16.7. The lowest BCUT2D eigenvalue weighted by atomic mass is 9.67. The van der Waals surface area contributed by atoms with Crippen LogP contribution in [-0.2, 0) is 10.8 Å². The maximum Gasteiger partial charge on any atom is 0.137 e. The first-order chi connectivity index (χ1) is 56.5. The molecule has 20 aromatic rings. The molecule has 2 aliphatic rings. The van der Waals surface area contributed by atoms with E-state index in [0.717, 1.165) is 100 Å². The van der Waals surface area contributed by atoms with Crippen molar-refractivity contribution < 1.29 is 8.83 Å². The molecule has 2 aromatic heterocycles. The molecule has 4 heteroatoms. The molecule has 0 N–H and O–H groups in total. The van der Waals surface area contributed by atoms with Gasteiger partial charge in [-0.05, 0) is 214 Å². The van der Waals surface area contributed by atoms with Crippen LogP contribution in [0.5, 0.6) is 0 Å². The van der Waals surface area contributed by atoms with Gasteiger partial charge in [0.25, 0.3) is 0 Å². The van der Waals surface area contributed by atoms with Crippen molar-refractivity contribution >= 4 is 78.0 Å². The Balaban J connectivity index is 0.000000143. The van der Waals surface area contributed by atoms with Crippen LogP contribution >= 0.6 is 0 Å². The highest BCUT2D eigenvalue weighted by molar-refractivity contribution is 6.09. The highest BCUT2D eigenvalue weighted by atomic mass is 16.3. The summed E-state index contributed by atoms with van der Waals surface area (Å²) >= 11 is 0. The van der Waals surface area contributed by atoms with Gasteiger partial charge in [-0.1, -0.05) is 334 Å². The zero-order valence-corrected chi connectivity index (χ0v) is 62.4. The third kappa shape index (κ3) is 11.4. The number of benzene rings is 18. The van der Waals surface area contributed by atoms with Crippen LogP contribution in [0, 0.1) is 0 Å². The fourth-order valence-electron chi connectivity index (χ4n) is 18.4. The predicted octanol–water partition coefficient (Wildman–Crippen LogP) is 29.5. The van der Waals surface area contributed by atoms with Crippen molar-refractivity contribution in [2.45, 2.75) is 10.8 Å². The summed E-state index contributed by atoms with van der Waals surface area (Å²) in [5.41, 5.74) is 33.5. The molecule has 0 fully saturated rings. The highest BCUT2D eigenvalue weighted by Crippen LogP contribution is 2.59. The molecule has 0 aliphatic heterocycles. The zero-order valence-electron chi connectivity index (χ0n) is 62.4. The van der Waals surface area contributed by atoms with Crippen LogP contribution in [0.4, 0.5) is 34.1 Å².